The van der Waals surface area contributed by atoms with Crippen LogP contribution in [0.3, 0.4) is 0 Å². The van der Waals surface area contributed by atoms with E-state index >= 15 is 0 Å². The molecule has 0 aliphatic heterocycles. The summed E-state index contributed by atoms with van der Waals surface area (Å²) in [6.45, 7) is 9.25. The van der Waals surface area contributed by atoms with E-state index in [-0.39, 0.29) is 0 Å². The van der Waals surface area contributed by atoms with Crippen molar-refractivity contribution in [3.05, 3.63) is 58.7 Å². The van der Waals surface area contributed by atoms with Crippen LogP contribution in [0, 0.1) is 0 Å². The molecular formula is C19H22. The van der Waals surface area contributed by atoms with E-state index in [1.807, 2.05) is 0 Å². The maximum absolute atomic E-state index is 2.35. The second-order valence-electron chi connectivity index (χ2n) is 6.24. The fraction of sp³-hybridized carbons (Fsp3) is 0.368. The molecule has 0 spiro atoms. The van der Waals surface area contributed by atoms with E-state index in [4.69, 9.17) is 0 Å². The van der Waals surface area contributed by atoms with Crippen molar-refractivity contribution in [2.24, 2.45) is 0 Å². The Hall–Kier alpha value is -1.56. The van der Waals surface area contributed by atoms with Crippen LogP contribution in [0.25, 0.3) is 11.1 Å². The van der Waals surface area contributed by atoms with Crippen LogP contribution in [-0.2, 0) is 6.42 Å². The third-order valence-corrected chi connectivity index (χ3v) is 4.26. The van der Waals surface area contributed by atoms with Gasteiger partial charge in [0.15, 0.2) is 0 Å². The van der Waals surface area contributed by atoms with Crippen molar-refractivity contribution in [2.75, 3.05) is 0 Å². The molecule has 0 fully saturated rings. The molecular weight excluding hydrogens is 228 g/mol. The Morgan fingerprint density at radius 2 is 1.53 bits per heavy atom. The molecule has 0 radical (unpaired) electrons. The average Bonchev–Trinajstić information content (AvgIpc) is 2.75. The van der Waals surface area contributed by atoms with Crippen molar-refractivity contribution >= 4 is 0 Å². The lowest BCUT2D eigenvalue weighted by atomic mass is 9.85. The second-order valence-corrected chi connectivity index (χ2v) is 6.24. The molecule has 0 nitrogen and oxygen atoms in total. The summed E-state index contributed by atoms with van der Waals surface area (Å²) < 4.78 is 0. The van der Waals surface area contributed by atoms with Crippen LogP contribution >= 0.6 is 0 Å². The van der Waals surface area contributed by atoms with E-state index in [1.54, 1.807) is 11.1 Å². The molecule has 0 amide bonds. The first-order chi connectivity index (χ1) is 9.09. The molecule has 1 aliphatic carbocycles. The van der Waals surface area contributed by atoms with Gasteiger partial charge in [-0.3, -0.25) is 0 Å². The van der Waals surface area contributed by atoms with Crippen LogP contribution in [0.4, 0.5) is 0 Å². The van der Waals surface area contributed by atoms with Gasteiger partial charge in [0.2, 0.25) is 0 Å². The summed E-state index contributed by atoms with van der Waals surface area (Å²) in [5.74, 6) is 1.20. The molecule has 98 valence electrons. The minimum atomic E-state index is 0.599. The molecule has 0 aromatic heterocycles. The van der Waals surface area contributed by atoms with E-state index < -0.39 is 0 Å². The summed E-state index contributed by atoms with van der Waals surface area (Å²) in [7, 11) is 0. The van der Waals surface area contributed by atoms with Gasteiger partial charge in [-0.05, 0) is 51.6 Å². The van der Waals surface area contributed by atoms with Crippen molar-refractivity contribution < 1.29 is 0 Å². The lowest BCUT2D eigenvalue weighted by Crippen LogP contribution is -2.03. The number of rotatable bonds is 2. The van der Waals surface area contributed by atoms with Crippen molar-refractivity contribution in [2.45, 2.75) is 46.0 Å². The lowest BCUT2D eigenvalue weighted by molar-refractivity contribution is 0.781. The molecule has 3 rings (SSSR count). The minimum absolute atomic E-state index is 0.599. The highest BCUT2D eigenvalue weighted by Gasteiger charge is 2.24. The Labute approximate surface area is 116 Å². The second kappa shape index (κ2) is 4.52. The maximum Gasteiger partial charge on any atom is -0.00105 e. The van der Waals surface area contributed by atoms with Crippen molar-refractivity contribution in [1.29, 1.82) is 0 Å². The van der Waals surface area contributed by atoms with Gasteiger partial charge < -0.3 is 0 Å². The summed E-state index contributed by atoms with van der Waals surface area (Å²) in [6, 6.07) is 13.5. The smallest absolute Gasteiger partial charge is 0.00105 e. The van der Waals surface area contributed by atoms with Gasteiger partial charge in [0, 0.05) is 0 Å². The fourth-order valence-electron chi connectivity index (χ4n) is 3.44. The van der Waals surface area contributed by atoms with Crippen LogP contribution in [0.2, 0.25) is 0 Å². The molecule has 2 aromatic rings. The molecule has 1 aliphatic rings. The lowest BCUT2D eigenvalue weighted by Gasteiger charge is -2.20. The highest BCUT2D eigenvalue weighted by molar-refractivity contribution is 5.78. The summed E-state index contributed by atoms with van der Waals surface area (Å²) >= 11 is 0. The Morgan fingerprint density at radius 1 is 0.789 bits per heavy atom. The highest BCUT2D eigenvalue weighted by atomic mass is 14.3. The summed E-state index contributed by atoms with van der Waals surface area (Å²) in [6.07, 6.45) is 1.11. The molecule has 0 N–H and O–H groups in total. The first kappa shape index (κ1) is 12.5. The standard InChI is InChI=1S/C19H22/c1-12(2)15-9-10-17-16-8-6-5-7-14(16)11-18(17)19(15)13(3)4/h5-10,12-13H,11H2,1-4H3. The Kier molecular flexibility index (Phi) is 2.97. The van der Waals surface area contributed by atoms with Crippen molar-refractivity contribution in [3.63, 3.8) is 0 Å². The van der Waals surface area contributed by atoms with E-state index in [0.717, 1.165) is 6.42 Å². The van der Waals surface area contributed by atoms with Gasteiger partial charge in [-0.1, -0.05) is 64.1 Å². The first-order valence-corrected chi connectivity index (χ1v) is 7.33. The van der Waals surface area contributed by atoms with E-state index in [1.165, 1.54) is 22.3 Å². The van der Waals surface area contributed by atoms with Crippen LogP contribution in [0.15, 0.2) is 36.4 Å². The predicted molar refractivity (Wildman–Crippen MR) is 82.9 cm³/mol. The largest absolute Gasteiger partial charge is 0.0619 e. The number of benzene rings is 2. The van der Waals surface area contributed by atoms with E-state index in [0.29, 0.717) is 11.8 Å². The Balaban J connectivity index is 2.25. The molecule has 2 aromatic carbocycles. The van der Waals surface area contributed by atoms with Crippen molar-refractivity contribution in [1.82, 2.24) is 0 Å². The maximum atomic E-state index is 2.35. The Bertz CT molecular complexity index is 618. The van der Waals surface area contributed by atoms with Gasteiger partial charge in [0.05, 0.1) is 0 Å². The summed E-state index contributed by atoms with van der Waals surface area (Å²) in [5, 5.41) is 0. The average molecular weight is 250 g/mol. The third-order valence-electron chi connectivity index (χ3n) is 4.26. The molecule has 19 heavy (non-hydrogen) atoms. The summed E-state index contributed by atoms with van der Waals surface area (Å²) in [4.78, 5) is 0. The third kappa shape index (κ3) is 1.90. The topological polar surface area (TPSA) is 0 Å². The van der Waals surface area contributed by atoms with Crippen LogP contribution in [-0.4, -0.2) is 0 Å². The fourth-order valence-corrected chi connectivity index (χ4v) is 3.44. The molecule has 0 unspecified atom stereocenters. The van der Waals surface area contributed by atoms with Crippen LogP contribution < -0.4 is 0 Å². The van der Waals surface area contributed by atoms with Gasteiger partial charge in [0.25, 0.3) is 0 Å². The normalized spacial score (nSPS) is 12.9. The summed E-state index contributed by atoms with van der Waals surface area (Å²) in [5.41, 5.74) is 9.08. The molecule has 0 atom stereocenters. The zero-order valence-electron chi connectivity index (χ0n) is 12.3. The van der Waals surface area contributed by atoms with E-state index in [9.17, 15) is 0 Å². The minimum Gasteiger partial charge on any atom is -0.0619 e. The van der Waals surface area contributed by atoms with Gasteiger partial charge in [0.1, 0.15) is 0 Å². The molecule has 0 saturated heterocycles. The molecule has 0 heterocycles. The van der Waals surface area contributed by atoms with Gasteiger partial charge >= 0.3 is 0 Å². The molecule has 0 saturated carbocycles. The SMILES string of the molecule is CC(C)c1ccc2c(c1C(C)C)Cc1ccccc1-2. The van der Waals surface area contributed by atoms with Gasteiger partial charge in [-0.2, -0.15) is 0 Å². The monoisotopic (exact) mass is 250 g/mol. The number of fused-ring (bicyclic) bond motifs is 3. The van der Waals surface area contributed by atoms with Crippen LogP contribution in [0.1, 0.15) is 61.8 Å². The zero-order chi connectivity index (χ0) is 13.6. The zero-order valence-corrected chi connectivity index (χ0v) is 12.3. The molecule has 0 heteroatoms. The predicted octanol–water partition coefficient (Wildman–Crippen LogP) is 5.50. The Morgan fingerprint density at radius 3 is 2.21 bits per heavy atom. The number of hydrogen-bond donors (Lipinski definition) is 0. The highest BCUT2D eigenvalue weighted by Crippen LogP contribution is 2.42. The first-order valence-electron chi connectivity index (χ1n) is 7.33. The molecule has 0 bridgehead atoms. The van der Waals surface area contributed by atoms with E-state index in [2.05, 4.69) is 64.1 Å². The number of hydrogen-bond acceptors (Lipinski definition) is 0. The quantitative estimate of drug-likeness (QED) is 0.563. The van der Waals surface area contributed by atoms with Crippen molar-refractivity contribution in [3.8, 4) is 11.1 Å². The van der Waals surface area contributed by atoms with Crippen LogP contribution in [0.5, 0.6) is 0 Å². The van der Waals surface area contributed by atoms with Gasteiger partial charge in [-0.15, -0.1) is 0 Å². The van der Waals surface area contributed by atoms with Gasteiger partial charge in [-0.25, -0.2) is 0 Å².